The third kappa shape index (κ3) is 3.93. The fourth-order valence-electron chi connectivity index (χ4n) is 3.94. The second kappa shape index (κ2) is 8.62. The number of amides is 1. The van der Waals surface area contributed by atoms with Gasteiger partial charge in [-0.3, -0.25) is 9.48 Å². The van der Waals surface area contributed by atoms with E-state index in [4.69, 9.17) is 10.5 Å². The van der Waals surface area contributed by atoms with Crippen molar-refractivity contribution in [2.75, 3.05) is 19.8 Å². The molecule has 1 atom stereocenters. The largest absolute Gasteiger partial charge is 0.491 e. The number of fused-ring (bicyclic) bond motifs is 1. The Hall–Kier alpha value is -3.40. The maximum atomic E-state index is 14.4. The lowest BCUT2D eigenvalue weighted by molar-refractivity contribution is 0.0656. The predicted octanol–water partition coefficient (Wildman–Crippen LogP) is 3.51. The molecule has 2 heterocycles. The molecule has 0 bridgehead atoms. The third-order valence-corrected chi connectivity index (χ3v) is 5.31. The molecular formula is C22H20F4N4O2. The van der Waals surface area contributed by atoms with E-state index in [0.717, 1.165) is 12.1 Å². The molecule has 0 unspecified atom stereocenters. The molecule has 4 rings (SSSR count). The molecule has 10 heteroatoms. The van der Waals surface area contributed by atoms with Crippen molar-refractivity contribution in [1.29, 1.82) is 0 Å². The number of halogens is 4. The van der Waals surface area contributed by atoms with Crippen LogP contribution in [0.15, 0.2) is 36.4 Å². The van der Waals surface area contributed by atoms with Crippen LogP contribution in [0.2, 0.25) is 0 Å². The average Bonchev–Trinajstić information content (AvgIpc) is 3.09. The first-order valence-corrected chi connectivity index (χ1v) is 9.87. The van der Waals surface area contributed by atoms with E-state index in [9.17, 15) is 22.4 Å². The molecule has 32 heavy (non-hydrogen) atoms. The first kappa shape index (κ1) is 21.8. The van der Waals surface area contributed by atoms with E-state index in [1.165, 1.54) is 33.8 Å². The van der Waals surface area contributed by atoms with E-state index in [-0.39, 0.29) is 24.5 Å². The summed E-state index contributed by atoms with van der Waals surface area (Å²) in [6.45, 7) is -0.806. The number of ether oxygens (including phenoxy) is 1. The first-order valence-electron chi connectivity index (χ1n) is 9.87. The molecule has 1 aliphatic rings. The molecule has 1 amide bonds. The minimum atomic E-state index is -1.00. The van der Waals surface area contributed by atoms with Crippen LogP contribution < -0.4 is 10.5 Å². The van der Waals surface area contributed by atoms with E-state index < -0.39 is 36.2 Å². The number of nitrogens with two attached hydrogens (primary N) is 1. The quantitative estimate of drug-likeness (QED) is 0.607. The summed E-state index contributed by atoms with van der Waals surface area (Å²) in [5, 5.41) is 4.37. The highest BCUT2D eigenvalue weighted by Gasteiger charge is 2.35. The lowest BCUT2D eigenvalue weighted by Gasteiger charge is -2.32. The molecule has 0 spiro atoms. The Labute approximate surface area is 181 Å². The first-order chi connectivity index (χ1) is 15.3. The molecule has 0 saturated carbocycles. The summed E-state index contributed by atoms with van der Waals surface area (Å²) in [4.78, 5) is 14.3. The van der Waals surface area contributed by atoms with Crippen molar-refractivity contribution in [3.63, 3.8) is 0 Å². The van der Waals surface area contributed by atoms with Gasteiger partial charge in [-0.2, -0.15) is 5.10 Å². The molecule has 1 aliphatic heterocycles. The number of rotatable bonds is 5. The second-order valence-corrected chi connectivity index (χ2v) is 7.37. The standard InChI is InChI=1S/C22H20F4N4O2/c1-29-20(12-8-13(24)10-14(25)9-12)16-4-6-30(21(27)19(16)28-29)22(31)17-11-15(32-7-5-23)2-3-18(17)26/h2-3,8-11,21H,4-7,27H2,1H3/t21-/m1/s1. The Morgan fingerprint density at radius 3 is 2.59 bits per heavy atom. The predicted molar refractivity (Wildman–Crippen MR) is 108 cm³/mol. The second-order valence-electron chi connectivity index (χ2n) is 7.37. The smallest absolute Gasteiger partial charge is 0.258 e. The van der Waals surface area contributed by atoms with Crippen molar-refractivity contribution in [3.8, 4) is 17.0 Å². The summed E-state index contributed by atoms with van der Waals surface area (Å²) >= 11 is 0. The minimum absolute atomic E-state index is 0.137. The number of alkyl halides is 1. The summed E-state index contributed by atoms with van der Waals surface area (Å²) in [6, 6.07) is 6.75. The SMILES string of the molecule is Cn1nc2c(c1-c1cc(F)cc(F)c1)CCN(C(=O)c1cc(OCCF)ccc1F)[C@H]2N. The molecule has 0 fully saturated rings. The number of carbonyl (C=O) groups is 1. The highest BCUT2D eigenvalue weighted by Crippen LogP contribution is 2.35. The molecule has 0 saturated heterocycles. The minimum Gasteiger partial charge on any atom is -0.491 e. The van der Waals surface area contributed by atoms with E-state index in [2.05, 4.69) is 5.10 Å². The normalized spacial score (nSPS) is 15.6. The van der Waals surface area contributed by atoms with E-state index in [1.54, 1.807) is 7.05 Å². The van der Waals surface area contributed by atoms with Crippen molar-refractivity contribution < 1.29 is 27.1 Å². The Morgan fingerprint density at radius 1 is 1.19 bits per heavy atom. The molecule has 0 aliphatic carbocycles. The van der Waals surface area contributed by atoms with Gasteiger partial charge in [0.05, 0.1) is 11.3 Å². The third-order valence-electron chi connectivity index (χ3n) is 5.31. The van der Waals surface area contributed by atoms with Gasteiger partial charge in [-0.05, 0) is 36.8 Å². The lowest BCUT2D eigenvalue weighted by atomic mass is 9.97. The Balaban J connectivity index is 1.67. The van der Waals surface area contributed by atoms with E-state index in [1.807, 2.05) is 0 Å². The molecular weight excluding hydrogens is 428 g/mol. The van der Waals surface area contributed by atoms with Crippen LogP contribution in [0.1, 0.15) is 27.8 Å². The fourth-order valence-corrected chi connectivity index (χ4v) is 3.94. The van der Waals surface area contributed by atoms with Crippen LogP contribution >= 0.6 is 0 Å². The molecule has 168 valence electrons. The van der Waals surface area contributed by atoms with Gasteiger partial charge in [0.1, 0.15) is 48.3 Å². The molecule has 6 nitrogen and oxygen atoms in total. The lowest BCUT2D eigenvalue weighted by Crippen LogP contribution is -2.44. The fraction of sp³-hybridized carbons (Fsp3) is 0.273. The van der Waals surface area contributed by atoms with Crippen molar-refractivity contribution >= 4 is 5.91 Å². The number of benzene rings is 2. The number of hydrogen-bond donors (Lipinski definition) is 1. The van der Waals surface area contributed by atoms with Gasteiger partial charge in [-0.25, -0.2) is 17.6 Å². The number of nitrogens with zero attached hydrogens (tertiary/aromatic N) is 3. The maximum Gasteiger partial charge on any atom is 0.258 e. The maximum absolute atomic E-state index is 14.4. The number of aromatic nitrogens is 2. The summed E-state index contributed by atoms with van der Waals surface area (Å²) in [6.07, 6.45) is -0.699. The van der Waals surface area contributed by atoms with Crippen molar-refractivity contribution in [3.05, 3.63) is 70.7 Å². The van der Waals surface area contributed by atoms with Gasteiger partial charge in [-0.15, -0.1) is 0 Å². The molecule has 2 N–H and O–H groups in total. The topological polar surface area (TPSA) is 73.4 Å². The summed E-state index contributed by atoms with van der Waals surface area (Å²) in [5.74, 6) is -2.73. The average molecular weight is 448 g/mol. The van der Waals surface area contributed by atoms with Crippen LogP contribution in [0, 0.1) is 17.5 Å². The molecule has 1 aromatic heterocycles. The summed E-state index contributed by atoms with van der Waals surface area (Å²) in [5.41, 5.74) is 7.85. The van der Waals surface area contributed by atoms with Crippen LogP contribution in [0.4, 0.5) is 17.6 Å². The highest BCUT2D eigenvalue weighted by atomic mass is 19.1. The zero-order valence-corrected chi connectivity index (χ0v) is 17.1. The van der Waals surface area contributed by atoms with Gasteiger partial charge in [-0.1, -0.05) is 0 Å². The van der Waals surface area contributed by atoms with Crippen molar-refractivity contribution in [2.24, 2.45) is 12.8 Å². The Kier molecular flexibility index (Phi) is 5.88. The number of hydrogen-bond acceptors (Lipinski definition) is 4. The van der Waals surface area contributed by atoms with Crippen molar-refractivity contribution in [1.82, 2.24) is 14.7 Å². The van der Waals surface area contributed by atoms with Crippen LogP contribution in [0.5, 0.6) is 5.75 Å². The molecule has 3 aromatic rings. The van der Waals surface area contributed by atoms with Crippen LogP contribution in [-0.4, -0.2) is 40.4 Å². The van der Waals surface area contributed by atoms with E-state index in [0.29, 0.717) is 28.9 Å². The van der Waals surface area contributed by atoms with Crippen molar-refractivity contribution in [2.45, 2.75) is 12.6 Å². The zero-order valence-electron chi connectivity index (χ0n) is 17.1. The highest BCUT2D eigenvalue weighted by molar-refractivity contribution is 5.95. The molecule has 2 aromatic carbocycles. The van der Waals surface area contributed by atoms with Gasteiger partial charge in [0.15, 0.2) is 0 Å². The van der Waals surface area contributed by atoms with Crippen LogP contribution in [0.25, 0.3) is 11.3 Å². The summed E-state index contributed by atoms with van der Waals surface area (Å²) in [7, 11) is 1.61. The van der Waals surface area contributed by atoms with Crippen LogP contribution in [0.3, 0.4) is 0 Å². The molecule has 0 radical (unpaired) electrons. The number of carbonyl (C=O) groups excluding carboxylic acids is 1. The van der Waals surface area contributed by atoms with Gasteiger partial charge in [0.2, 0.25) is 0 Å². The summed E-state index contributed by atoms with van der Waals surface area (Å²) < 4.78 is 60.8. The van der Waals surface area contributed by atoms with Gasteiger partial charge < -0.3 is 15.4 Å². The Morgan fingerprint density at radius 2 is 1.91 bits per heavy atom. The van der Waals surface area contributed by atoms with E-state index >= 15 is 0 Å². The monoisotopic (exact) mass is 448 g/mol. The van der Waals surface area contributed by atoms with Crippen LogP contribution in [-0.2, 0) is 13.5 Å². The Bertz CT molecular complexity index is 1160. The van der Waals surface area contributed by atoms with Gasteiger partial charge >= 0.3 is 0 Å². The number of aryl methyl sites for hydroxylation is 1. The zero-order chi connectivity index (χ0) is 23.0. The van der Waals surface area contributed by atoms with Gasteiger partial charge in [0, 0.05) is 30.8 Å². The van der Waals surface area contributed by atoms with Gasteiger partial charge in [0.25, 0.3) is 5.91 Å².